The third-order valence-electron chi connectivity index (χ3n) is 3.12. The Hall–Kier alpha value is -1.60. The Morgan fingerprint density at radius 2 is 2.00 bits per heavy atom. The number of carbonyl (C=O) groups is 1. The first-order valence-electron chi connectivity index (χ1n) is 5.76. The first kappa shape index (κ1) is 12.8. The smallest absolute Gasteiger partial charge is 0.227 e. The minimum absolute atomic E-state index is 0.0921. The van der Waals surface area contributed by atoms with Crippen molar-refractivity contribution in [2.45, 2.75) is 26.3 Å². The van der Waals surface area contributed by atoms with Crippen molar-refractivity contribution in [1.29, 1.82) is 5.26 Å². The van der Waals surface area contributed by atoms with Crippen molar-refractivity contribution in [3.05, 3.63) is 45.6 Å². The van der Waals surface area contributed by atoms with Crippen molar-refractivity contribution in [2.24, 2.45) is 0 Å². The summed E-state index contributed by atoms with van der Waals surface area (Å²) in [6.45, 7) is 2.37. The molecule has 0 spiro atoms. The van der Waals surface area contributed by atoms with Gasteiger partial charge in [0.2, 0.25) is 5.91 Å². The van der Waals surface area contributed by atoms with Gasteiger partial charge in [-0.15, -0.1) is 0 Å². The molecule has 2 rings (SSSR count). The maximum Gasteiger partial charge on any atom is 0.227 e. The van der Waals surface area contributed by atoms with E-state index in [4.69, 9.17) is 5.26 Å². The summed E-state index contributed by atoms with van der Waals surface area (Å²) in [5.74, 6) is 0.0921. The Bertz CT molecular complexity index is 540. The Labute approximate surface area is 115 Å². The van der Waals surface area contributed by atoms with Crippen LogP contribution in [0, 0.1) is 11.3 Å². The minimum Gasteiger partial charge on any atom is -0.311 e. The Morgan fingerprint density at radius 1 is 1.33 bits per heavy atom. The highest BCUT2D eigenvalue weighted by atomic mass is 79.9. The van der Waals surface area contributed by atoms with Crippen LogP contribution in [0.5, 0.6) is 0 Å². The molecular formula is C14H13BrN2O. The van der Waals surface area contributed by atoms with Crippen LogP contribution in [-0.4, -0.2) is 10.8 Å². The number of hydrogen-bond acceptors (Lipinski definition) is 2. The van der Waals surface area contributed by atoms with E-state index in [1.54, 1.807) is 4.90 Å². The highest BCUT2D eigenvalue weighted by Crippen LogP contribution is 2.24. The second kappa shape index (κ2) is 5.36. The van der Waals surface area contributed by atoms with Gasteiger partial charge in [0.05, 0.1) is 12.6 Å². The number of rotatable bonds is 2. The van der Waals surface area contributed by atoms with E-state index in [-0.39, 0.29) is 5.91 Å². The zero-order chi connectivity index (χ0) is 13.1. The van der Waals surface area contributed by atoms with Gasteiger partial charge in [-0.1, -0.05) is 28.1 Å². The van der Waals surface area contributed by atoms with Gasteiger partial charge in [-0.05, 0) is 31.0 Å². The highest BCUT2D eigenvalue weighted by Gasteiger charge is 2.23. The third-order valence-corrected chi connectivity index (χ3v) is 3.65. The van der Waals surface area contributed by atoms with Gasteiger partial charge in [-0.2, -0.15) is 5.26 Å². The van der Waals surface area contributed by atoms with Gasteiger partial charge in [0.1, 0.15) is 0 Å². The van der Waals surface area contributed by atoms with Crippen molar-refractivity contribution in [1.82, 2.24) is 4.90 Å². The van der Waals surface area contributed by atoms with Crippen molar-refractivity contribution < 1.29 is 4.79 Å². The molecular weight excluding hydrogens is 292 g/mol. The summed E-state index contributed by atoms with van der Waals surface area (Å²) in [5, 5.41) is 9.02. The maximum absolute atomic E-state index is 11.9. The molecule has 0 bridgehead atoms. The second-order valence-electron chi connectivity index (χ2n) is 4.28. The number of carbonyl (C=O) groups excluding carboxylic acids is 1. The molecule has 4 heteroatoms. The fraction of sp³-hybridized carbons (Fsp3) is 0.286. The first-order valence-corrected chi connectivity index (χ1v) is 6.56. The third kappa shape index (κ3) is 2.62. The van der Waals surface area contributed by atoms with Gasteiger partial charge in [-0.3, -0.25) is 4.79 Å². The van der Waals surface area contributed by atoms with Crippen LogP contribution in [0.2, 0.25) is 0 Å². The van der Waals surface area contributed by atoms with Crippen LogP contribution in [0.25, 0.3) is 0 Å². The maximum atomic E-state index is 11.9. The fourth-order valence-corrected chi connectivity index (χ4v) is 2.28. The van der Waals surface area contributed by atoms with E-state index >= 15 is 0 Å². The lowest BCUT2D eigenvalue weighted by atomic mass is 10.0. The van der Waals surface area contributed by atoms with Crippen LogP contribution in [-0.2, 0) is 11.3 Å². The SMILES string of the molecule is CC1=C(C#N)CCC(=O)N1Cc1ccc(Br)cc1. The summed E-state index contributed by atoms with van der Waals surface area (Å²) in [5.41, 5.74) is 2.56. The number of amides is 1. The van der Waals surface area contributed by atoms with Crippen LogP contribution in [0.15, 0.2) is 40.0 Å². The number of halogens is 1. The predicted molar refractivity (Wildman–Crippen MR) is 72.2 cm³/mol. The molecule has 1 aromatic rings. The van der Waals surface area contributed by atoms with Crippen molar-refractivity contribution in [2.75, 3.05) is 0 Å². The molecule has 0 aromatic heterocycles. The summed E-state index contributed by atoms with van der Waals surface area (Å²) >= 11 is 3.38. The number of benzene rings is 1. The molecule has 1 aliphatic rings. The summed E-state index contributed by atoms with van der Waals surface area (Å²) in [6.07, 6.45) is 0.995. The average Bonchev–Trinajstić information content (AvgIpc) is 2.37. The molecule has 0 fully saturated rings. The molecule has 92 valence electrons. The monoisotopic (exact) mass is 304 g/mol. The number of allylic oxidation sites excluding steroid dienone is 2. The van der Waals surface area contributed by atoms with Gasteiger partial charge in [0, 0.05) is 22.2 Å². The summed E-state index contributed by atoms with van der Waals surface area (Å²) in [7, 11) is 0. The topological polar surface area (TPSA) is 44.1 Å². The molecule has 1 aliphatic heterocycles. The molecule has 0 unspecified atom stereocenters. The van der Waals surface area contributed by atoms with Gasteiger partial charge in [0.15, 0.2) is 0 Å². The lowest BCUT2D eigenvalue weighted by Crippen LogP contribution is -2.32. The molecule has 0 N–H and O–H groups in total. The minimum atomic E-state index is 0.0921. The van der Waals surface area contributed by atoms with E-state index in [9.17, 15) is 4.79 Å². The van der Waals surface area contributed by atoms with Gasteiger partial charge in [-0.25, -0.2) is 0 Å². The van der Waals surface area contributed by atoms with Gasteiger partial charge >= 0.3 is 0 Å². The van der Waals surface area contributed by atoms with Crippen LogP contribution >= 0.6 is 15.9 Å². The molecule has 0 radical (unpaired) electrons. The molecule has 1 heterocycles. The number of nitrogens with zero attached hydrogens (tertiary/aromatic N) is 2. The molecule has 1 amide bonds. The highest BCUT2D eigenvalue weighted by molar-refractivity contribution is 9.10. The molecule has 18 heavy (non-hydrogen) atoms. The zero-order valence-electron chi connectivity index (χ0n) is 10.1. The van der Waals surface area contributed by atoms with Crippen LogP contribution in [0.1, 0.15) is 25.3 Å². The second-order valence-corrected chi connectivity index (χ2v) is 5.20. The van der Waals surface area contributed by atoms with E-state index in [2.05, 4.69) is 22.0 Å². The standard InChI is InChI=1S/C14H13BrN2O/c1-10-12(8-16)4-7-14(18)17(10)9-11-2-5-13(15)6-3-11/h2-3,5-6H,4,7,9H2,1H3. The van der Waals surface area contributed by atoms with Crippen molar-refractivity contribution >= 4 is 21.8 Å². The van der Waals surface area contributed by atoms with E-state index in [0.29, 0.717) is 25.0 Å². The lowest BCUT2D eigenvalue weighted by molar-refractivity contribution is -0.130. The lowest BCUT2D eigenvalue weighted by Gasteiger charge is -2.28. The van der Waals surface area contributed by atoms with E-state index < -0.39 is 0 Å². The fourth-order valence-electron chi connectivity index (χ4n) is 2.01. The Balaban J connectivity index is 2.24. The van der Waals surface area contributed by atoms with Crippen molar-refractivity contribution in [3.63, 3.8) is 0 Å². The van der Waals surface area contributed by atoms with Crippen LogP contribution in [0.3, 0.4) is 0 Å². The first-order chi connectivity index (χ1) is 8.61. The average molecular weight is 305 g/mol. The van der Waals surface area contributed by atoms with Gasteiger partial charge < -0.3 is 4.90 Å². The molecule has 0 atom stereocenters. The molecule has 0 saturated carbocycles. The van der Waals surface area contributed by atoms with Crippen LogP contribution < -0.4 is 0 Å². The predicted octanol–water partition coefficient (Wildman–Crippen LogP) is 3.37. The van der Waals surface area contributed by atoms with E-state index in [1.807, 2.05) is 31.2 Å². The largest absolute Gasteiger partial charge is 0.311 e. The number of hydrogen-bond donors (Lipinski definition) is 0. The van der Waals surface area contributed by atoms with Gasteiger partial charge in [0.25, 0.3) is 0 Å². The molecule has 1 aromatic carbocycles. The molecule has 0 aliphatic carbocycles. The molecule has 3 nitrogen and oxygen atoms in total. The Kier molecular flexibility index (Phi) is 3.83. The van der Waals surface area contributed by atoms with Crippen molar-refractivity contribution in [3.8, 4) is 6.07 Å². The van der Waals surface area contributed by atoms with E-state index in [0.717, 1.165) is 15.7 Å². The summed E-state index contributed by atoms with van der Waals surface area (Å²) in [4.78, 5) is 13.6. The zero-order valence-corrected chi connectivity index (χ0v) is 11.7. The molecule has 0 saturated heterocycles. The normalized spacial score (nSPS) is 15.8. The summed E-state index contributed by atoms with van der Waals surface area (Å²) in [6, 6.07) is 10.0. The van der Waals surface area contributed by atoms with Crippen LogP contribution in [0.4, 0.5) is 0 Å². The Morgan fingerprint density at radius 3 is 2.61 bits per heavy atom. The number of nitriles is 1. The van der Waals surface area contributed by atoms with E-state index in [1.165, 1.54) is 0 Å². The summed E-state index contributed by atoms with van der Waals surface area (Å²) < 4.78 is 1.01. The quantitative estimate of drug-likeness (QED) is 0.841.